The molecule has 1 unspecified atom stereocenters. The molecular formula is C28H20N4O4. The molecule has 8 nitrogen and oxygen atoms in total. The molecule has 8 heteroatoms. The number of aromatic nitrogens is 2. The summed E-state index contributed by atoms with van der Waals surface area (Å²) >= 11 is 0. The van der Waals surface area contributed by atoms with E-state index in [0.29, 0.717) is 16.9 Å². The average molecular weight is 476 g/mol. The van der Waals surface area contributed by atoms with Crippen molar-refractivity contribution in [2.45, 2.75) is 12.0 Å². The number of aromatic amines is 1. The average Bonchev–Trinajstić information content (AvgIpc) is 3.37. The van der Waals surface area contributed by atoms with Gasteiger partial charge in [0, 0.05) is 27.5 Å². The zero-order valence-electron chi connectivity index (χ0n) is 18.9. The number of carboxylic acids is 1. The van der Waals surface area contributed by atoms with E-state index in [2.05, 4.69) is 15.3 Å². The van der Waals surface area contributed by atoms with Crippen molar-refractivity contribution < 1.29 is 19.5 Å². The number of H-pyrrole nitrogens is 1. The first-order valence-corrected chi connectivity index (χ1v) is 11.4. The molecule has 1 atom stereocenters. The zero-order valence-corrected chi connectivity index (χ0v) is 18.9. The number of nitrogens with zero attached hydrogens (tertiary/aromatic N) is 2. The molecule has 1 aliphatic heterocycles. The fraction of sp³-hybridized carbons (Fsp3) is 0.0714. The van der Waals surface area contributed by atoms with E-state index in [-0.39, 0.29) is 5.69 Å². The zero-order chi connectivity index (χ0) is 24.9. The Balaban J connectivity index is 1.46. The second kappa shape index (κ2) is 8.06. The molecule has 3 heterocycles. The molecular weight excluding hydrogens is 456 g/mol. The van der Waals surface area contributed by atoms with Gasteiger partial charge in [-0.15, -0.1) is 0 Å². The highest BCUT2D eigenvalue weighted by molar-refractivity contribution is 6.16. The van der Waals surface area contributed by atoms with Gasteiger partial charge in [-0.1, -0.05) is 54.6 Å². The van der Waals surface area contributed by atoms with Crippen LogP contribution in [0.2, 0.25) is 0 Å². The van der Waals surface area contributed by atoms with Crippen molar-refractivity contribution in [1.29, 1.82) is 0 Å². The Morgan fingerprint density at radius 3 is 2.44 bits per heavy atom. The van der Waals surface area contributed by atoms with E-state index in [0.717, 1.165) is 21.8 Å². The van der Waals surface area contributed by atoms with Gasteiger partial charge in [0.25, 0.3) is 11.8 Å². The molecule has 3 N–H and O–H groups in total. The predicted octanol–water partition coefficient (Wildman–Crippen LogP) is 4.49. The highest BCUT2D eigenvalue weighted by Crippen LogP contribution is 2.46. The van der Waals surface area contributed by atoms with Gasteiger partial charge in [-0.3, -0.25) is 19.3 Å². The van der Waals surface area contributed by atoms with Crippen molar-refractivity contribution in [1.82, 2.24) is 15.3 Å². The van der Waals surface area contributed by atoms with E-state index >= 15 is 0 Å². The first kappa shape index (κ1) is 21.5. The molecule has 0 saturated heterocycles. The van der Waals surface area contributed by atoms with Crippen LogP contribution >= 0.6 is 0 Å². The predicted molar refractivity (Wildman–Crippen MR) is 135 cm³/mol. The number of carbonyl (C=O) groups is 3. The Hall–Kier alpha value is -4.98. The molecule has 2 aromatic heterocycles. The third-order valence-electron chi connectivity index (χ3n) is 6.55. The number of aliphatic carboxylic acids is 1. The van der Waals surface area contributed by atoms with Gasteiger partial charge in [0.2, 0.25) is 0 Å². The summed E-state index contributed by atoms with van der Waals surface area (Å²) in [7, 11) is 0. The molecule has 0 fully saturated rings. The maximum absolute atomic E-state index is 14.0. The number of para-hydroxylation sites is 3. The van der Waals surface area contributed by atoms with Crippen LogP contribution < -0.4 is 10.2 Å². The number of fused-ring (bicyclic) bond motifs is 4. The van der Waals surface area contributed by atoms with Crippen molar-refractivity contribution >= 4 is 51.0 Å². The monoisotopic (exact) mass is 476 g/mol. The summed E-state index contributed by atoms with van der Waals surface area (Å²) in [6, 6.07) is 25.2. The van der Waals surface area contributed by atoms with Crippen LogP contribution in [0.4, 0.5) is 11.4 Å². The quantitative estimate of drug-likeness (QED) is 0.346. The van der Waals surface area contributed by atoms with Crippen LogP contribution in [0.1, 0.15) is 22.5 Å². The van der Waals surface area contributed by atoms with Gasteiger partial charge in [0.15, 0.2) is 5.54 Å². The van der Waals surface area contributed by atoms with E-state index in [9.17, 15) is 19.5 Å². The van der Waals surface area contributed by atoms with Crippen molar-refractivity contribution in [3.05, 3.63) is 102 Å². The number of carbonyl (C=O) groups excluding carboxylic acids is 2. The summed E-state index contributed by atoms with van der Waals surface area (Å²) in [5.74, 6) is -2.39. The minimum absolute atomic E-state index is 0.0838. The van der Waals surface area contributed by atoms with Crippen LogP contribution in [0.3, 0.4) is 0 Å². The molecule has 0 aliphatic carbocycles. The second-order valence-corrected chi connectivity index (χ2v) is 8.71. The van der Waals surface area contributed by atoms with Gasteiger partial charge in [0.05, 0.1) is 23.8 Å². The van der Waals surface area contributed by atoms with Gasteiger partial charge in [-0.2, -0.15) is 0 Å². The standard InChI is InChI=1S/C28H20N4O4/c33-25(34)15-28(20-11-5-7-13-24(20)32(27(28)36)17-8-2-1-3-9-17)31-26(35)22-14-19-18-10-4-6-12-21(18)30-23(19)16-29-22/h1-14,16,30H,15H2,(H,31,35)(H,33,34). The van der Waals surface area contributed by atoms with Crippen LogP contribution in [-0.4, -0.2) is 32.9 Å². The van der Waals surface area contributed by atoms with E-state index < -0.39 is 29.7 Å². The van der Waals surface area contributed by atoms with Crippen LogP contribution in [0.25, 0.3) is 21.8 Å². The van der Waals surface area contributed by atoms with Crippen LogP contribution in [0.15, 0.2) is 91.1 Å². The maximum atomic E-state index is 14.0. The van der Waals surface area contributed by atoms with Crippen molar-refractivity contribution in [3.8, 4) is 0 Å². The Bertz CT molecular complexity index is 1680. The number of nitrogens with one attached hydrogen (secondary N) is 2. The van der Waals surface area contributed by atoms with Crippen LogP contribution in [-0.2, 0) is 15.1 Å². The van der Waals surface area contributed by atoms with Gasteiger partial charge >= 0.3 is 5.97 Å². The van der Waals surface area contributed by atoms with Crippen molar-refractivity contribution in [3.63, 3.8) is 0 Å². The second-order valence-electron chi connectivity index (χ2n) is 8.71. The molecule has 176 valence electrons. The largest absolute Gasteiger partial charge is 0.481 e. The molecule has 0 radical (unpaired) electrons. The highest BCUT2D eigenvalue weighted by atomic mass is 16.4. The molecule has 1 aliphatic rings. The Morgan fingerprint density at radius 2 is 1.64 bits per heavy atom. The first-order chi connectivity index (χ1) is 17.5. The van der Waals surface area contributed by atoms with Gasteiger partial charge in [0.1, 0.15) is 5.69 Å². The lowest BCUT2D eigenvalue weighted by Gasteiger charge is -2.28. The van der Waals surface area contributed by atoms with E-state index in [1.807, 2.05) is 30.3 Å². The fourth-order valence-electron chi connectivity index (χ4n) is 4.97. The van der Waals surface area contributed by atoms with Crippen LogP contribution in [0.5, 0.6) is 0 Å². The molecule has 3 aromatic carbocycles. The van der Waals surface area contributed by atoms with Crippen molar-refractivity contribution in [2.24, 2.45) is 0 Å². The Kier molecular flexibility index (Phi) is 4.82. The summed E-state index contributed by atoms with van der Waals surface area (Å²) in [5.41, 5.74) is 1.48. The molecule has 0 bridgehead atoms. The number of benzene rings is 3. The lowest BCUT2D eigenvalue weighted by Crippen LogP contribution is -2.53. The molecule has 36 heavy (non-hydrogen) atoms. The summed E-state index contributed by atoms with van der Waals surface area (Å²) in [6.45, 7) is 0. The molecule has 6 rings (SSSR count). The summed E-state index contributed by atoms with van der Waals surface area (Å²) in [6.07, 6.45) is 0.946. The lowest BCUT2D eigenvalue weighted by atomic mass is 9.87. The minimum atomic E-state index is -1.80. The Morgan fingerprint density at radius 1 is 0.917 bits per heavy atom. The molecule has 5 aromatic rings. The fourth-order valence-corrected chi connectivity index (χ4v) is 4.97. The van der Waals surface area contributed by atoms with E-state index in [1.54, 1.807) is 60.8 Å². The van der Waals surface area contributed by atoms with Crippen LogP contribution in [0, 0.1) is 0 Å². The smallest absolute Gasteiger partial charge is 0.306 e. The first-order valence-electron chi connectivity index (χ1n) is 11.4. The SMILES string of the molecule is O=C(O)CC1(NC(=O)c2cc3c(cn2)[nH]c2ccccc23)C(=O)N(c2ccccc2)c2ccccc21. The number of anilines is 2. The van der Waals surface area contributed by atoms with Gasteiger partial charge < -0.3 is 15.4 Å². The number of carboxylic acid groups (broad SMARTS) is 1. The number of pyridine rings is 1. The third-order valence-corrected chi connectivity index (χ3v) is 6.55. The summed E-state index contributed by atoms with van der Waals surface area (Å²) in [4.78, 5) is 48.5. The van der Waals surface area contributed by atoms with Gasteiger partial charge in [-0.25, -0.2) is 4.98 Å². The van der Waals surface area contributed by atoms with E-state index in [1.165, 1.54) is 4.90 Å². The topological polar surface area (TPSA) is 115 Å². The van der Waals surface area contributed by atoms with Crippen molar-refractivity contribution in [2.75, 3.05) is 4.90 Å². The highest BCUT2D eigenvalue weighted by Gasteiger charge is 2.54. The van der Waals surface area contributed by atoms with Gasteiger partial charge in [-0.05, 0) is 30.3 Å². The Labute approximate surface area is 205 Å². The number of amides is 2. The number of hydrogen-bond acceptors (Lipinski definition) is 4. The number of hydrogen-bond donors (Lipinski definition) is 3. The van der Waals surface area contributed by atoms with E-state index in [4.69, 9.17) is 0 Å². The molecule has 0 spiro atoms. The third kappa shape index (κ3) is 3.23. The normalized spacial score (nSPS) is 16.9. The molecule has 2 amide bonds. The lowest BCUT2D eigenvalue weighted by molar-refractivity contribution is -0.141. The maximum Gasteiger partial charge on any atom is 0.306 e. The summed E-state index contributed by atoms with van der Waals surface area (Å²) < 4.78 is 0. The summed E-state index contributed by atoms with van der Waals surface area (Å²) in [5, 5.41) is 14.3. The molecule has 0 saturated carbocycles. The minimum Gasteiger partial charge on any atom is -0.481 e. The number of rotatable bonds is 5.